The minimum atomic E-state index is -0.222. The lowest BCUT2D eigenvalue weighted by molar-refractivity contribution is 0.0927. The summed E-state index contributed by atoms with van der Waals surface area (Å²) in [6.07, 6.45) is 3.04. The van der Waals surface area contributed by atoms with Crippen molar-refractivity contribution in [1.82, 2.24) is 14.9 Å². The fourth-order valence-corrected chi connectivity index (χ4v) is 5.77. The molecule has 0 spiro atoms. The van der Waals surface area contributed by atoms with Gasteiger partial charge in [-0.15, -0.1) is 0 Å². The van der Waals surface area contributed by atoms with Crippen molar-refractivity contribution in [3.63, 3.8) is 0 Å². The number of nitrogens with one attached hydrogen (secondary N) is 1. The molecular formula is C24H25ClFN3O. The molecule has 3 aromatic rings. The number of hydrogen-bond acceptors (Lipinski definition) is 2. The van der Waals surface area contributed by atoms with Crippen LogP contribution in [0.2, 0.25) is 5.02 Å². The lowest BCUT2D eigenvalue weighted by atomic mass is 9.98. The van der Waals surface area contributed by atoms with Crippen LogP contribution in [0.1, 0.15) is 48.4 Å². The van der Waals surface area contributed by atoms with Crippen LogP contribution in [0.3, 0.4) is 0 Å². The second-order valence-electron chi connectivity index (χ2n) is 8.69. The highest BCUT2D eigenvalue weighted by atomic mass is 35.5. The van der Waals surface area contributed by atoms with E-state index in [2.05, 4.69) is 21.8 Å². The molecule has 30 heavy (non-hydrogen) atoms. The first-order valence-electron chi connectivity index (χ1n) is 10.7. The summed E-state index contributed by atoms with van der Waals surface area (Å²) in [7, 11) is 0. The molecule has 2 fully saturated rings. The Kier molecular flexibility index (Phi) is 4.81. The summed E-state index contributed by atoms with van der Waals surface area (Å²) in [4.78, 5) is 17.3. The quantitative estimate of drug-likeness (QED) is 0.583. The number of nitrogens with zero attached hydrogens (tertiary/aromatic N) is 2. The summed E-state index contributed by atoms with van der Waals surface area (Å²) >= 11 is 5.93. The van der Waals surface area contributed by atoms with Gasteiger partial charge in [-0.2, -0.15) is 0 Å². The number of fused-ring (bicyclic) bond motifs is 2. The van der Waals surface area contributed by atoms with Crippen LogP contribution in [0.25, 0.3) is 11.0 Å². The molecule has 2 unspecified atom stereocenters. The Hall–Kier alpha value is -2.40. The molecule has 1 heterocycles. The van der Waals surface area contributed by atoms with Gasteiger partial charge in [-0.25, -0.2) is 9.37 Å². The maximum Gasteiger partial charge on any atom is 0.251 e. The van der Waals surface area contributed by atoms with Crippen molar-refractivity contribution in [2.75, 3.05) is 0 Å². The number of halogens is 2. The van der Waals surface area contributed by atoms with Crippen molar-refractivity contribution in [3.8, 4) is 0 Å². The highest BCUT2D eigenvalue weighted by molar-refractivity contribution is 6.30. The molecule has 2 saturated carbocycles. The molecule has 1 aromatic heterocycles. The molecule has 0 aliphatic heterocycles. The van der Waals surface area contributed by atoms with Crippen molar-refractivity contribution in [2.45, 2.75) is 45.2 Å². The fraction of sp³-hybridized carbons (Fsp3) is 0.417. The van der Waals surface area contributed by atoms with Crippen molar-refractivity contribution < 1.29 is 9.18 Å². The molecule has 156 valence electrons. The third-order valence-corrected chi connectivity index (χ3v) is 7.26. The molecule has 2 aromatic carbocycles. The topological polar surface area (TPSA) is 46.9 Å². The van der Waals surface area contributed by atoms with Crippen LogP contribution >= 0.6 is 11.6 Å². The van der Waals surface area contributed by atoms with Gasteiger partial charge in [-0.05, 0) is 86.4 Å². The van der Waals surface area contributed by atoms with Crippen molar-refractivity contribution >= 4 is 28.5 Å². The van der Waals surface area contributed by atoms with Crippen molar-refractivity contribution in [3.05, 3.63) is 64.7 Å². The molecule has 2 aliphatic rings. The number of amides is 1. The molecule has 1 N–H and O–H groups in total. The summed E-state index contributed by atoms with van der Waals surface area (Å²) < 4.78 is 16.0. The second-order valence-corrected chi connectivity index (χ2v) is 9.12. The van der Waals surface area contributed by atoms with Crippen molar-refractivity contribution in [2.24, 2.45) is 17.8 Å². The molecule has 0 saturated heterocycles. The van der Waals surface area contributed by atoms with E-state index in [0.29, 0.717) is 34.4 Å². The molecule has 4 nitrogen and oxygen atoms in total. The average Bonchev–Trinajstić information content (AvgIpc) is 3.06. The largest absolute Gasteiger partial charge is 0.349 e. The Morgan fingerprint density at radius 3 is 2.60 bits per heavy atom. The molecule has 0 radical (unpaired) electrons. The van der Waals surface area contributed by atoms with E-state index in [1.54, 1.807) is 36.4 Å². The Morgan fingerprint density at radius 2 is 1.93 bits per heavy atom. The van der Waals surface area contributed by atoms with Gasteiger partial charge in [0.2, 0.25) is 0 Å². The van der Waals surface area contributed by atoms with Gasteiger partial charge >= 0.3 is 0 Å². The summed E-state index contributed by atoms with van der Waals surface area (Å²) in [6, 6.07) is 12.4. The number of aryl methyl sites for hydroxylation is 1. The van der Waals surface area contributed by atoms with E-state index in [4.69, 9.17) is 11.6 Å². The van der Waals surface area contributed by atoms with Crippen molar-refractivity contribution in [1.29, 1.82) is 0 Å². The smallest absolute Gasteiger partial charge is 0.251 e. The van der Waals surface area contributed by atoms with Gasteiger partial charge in [-0.3, -0.25) is 4.79 Å². The predicted molar refractivity (Wildman–Crippen MR) is 116 cm³/mol. The minimum Gasteiger partial charge on any atom is -0.349 e. The van der Waals surface area contributed by atoms with Crippen LogP contribution in [0.4, 0.5) is 4.39 Å². The highest BCUT2D eigenvalue weighted by Gasteiger charge is 2.59. The summed E-state index contributed by atoms with van der Waals surface area (Å²) in [5.74, 6) is 2.43. The van der Waals surface area contributed by atoms with Crippen LogP contribution in [0, 0.1) is 30.5 Å². The predicted octanol–water partition coefficient (Wildman–Crippen LogP) is 5.54. The molecule has 5 atom stereocenters. The minimum absolute atomic E-state index is 0.0352. The molecule has 2 aliphatic carbocycles. The van der Waals surface area contributed by atoms with E-state index < -0.39 is 0 Å². The van der Waals surface area contributed by atoms with E-state index >= 15 is 0 Å². The Balaban J connectivity index is 1.28. The van der Waals surface area contributed by atoms with Gasteiger partial charge in [0, 0.05) is 22.7 Å². The number of aromatic nitrogens is 2. The van der Waals surface area contributed by atoms with Gasteiger partial charge in [0.25, 0.3) is 5.91 Å². The summed E-state index contributed by atoms with van der Waals surface area (Å²) in [6.45, 7) is 4.13. The first kappa shape index (κ1) is 19.6. The third kappa shape index (κ3) is 3.29. The maximum absolute atomic E-state index is 13.8. The lowest BCUT2D eigenvalue weighted by Crippen LogP contribution is -2.37. The SMILES string of the molecule is CC[C@@H](NC(=O)c1ccc(Cl)cc1)C1[C@H]2CC(n3c(C)nc4ccc(F)cc43)C[C@@H]12. The molecule has 0 bridgehead atoms. The lowest BCUT2D eigenvalue weighted by Gasteiger charge is -2.23. The van der Waals surface area contributed by atoms with Crippen LogP contribution in [-0.4, -0.2) is 21.5 Å². The molecule has 6 heteroatoms. The molecule has 5 rings (SSSR count). The number of carbonyl (C=O) groups is 1. The third-order valence-electron chi connectivity index (χ3n) is 7.01. The van der Waals surface area contributed by atoms with Gasteiger partial charge in [0.15, 0.2) is 0 Å². The van der Waals surface area contributed by atoms with E-state index in [0.717, 1.165) is 36.1 Å². The van der Waals surface area contributed by atoms with Gasteiger partial charge in [0.1, 0.15) is 11.6 Å². The highest BCUT2D eigenvalue weighted by Crippen LogP contribution is 2.63. The van der Waals surface area contributed by atoms with Gasteiger partial charge in [-0.1, -0.05) is 18.5 Å². The number of benzene rings is 2. The van der Waals surface area contributed by atoms with Crippen LogP contribution in [0.5, 0.6) is 0 Å². The number of imidazole rings is 1. The first-order chi connectivity index (χ1) is 14.5. The average molecular weight is 426 g/mol. The van der Waals surface area contributed by atoms with Crippen LogP contribution in [-0.2, 0) is 0 Å². The number of carbonyl (C=O) groups excluding carboxylic acids is 1. The second kappa shape index (κ2) is 7.38. The standard InChI is InChI=1S/C24H25ClFN3O/c1-3-20(28-24(30)14-4-6-15(25)7-5-14)23-18-11-17(12-19(18)23)29-13(2)27-21-9-8-16(26)10-22(21)29/h4-10,17-20,23H,3,11-12H2,1-2H3,(H,28,30)/t17?,18-,19+,20-,23?/m1/s1. The zero-order valence-corrected chi connectivity index (χ0v) is 17.9. The van der Waals surface area contributed by atoms with Gasteiger partial charge in [0.05, 0.1) is 11.0 Å². The summed E-state index contributed by atoms with van der Waals surface area (Å²) in [5, 5.41) is 3.87. The van der Waals surface area contributed by atoms with Crippen LogP contribution in [0.15, 0.2) is 42.5 Å². The Labute approximate surface area is 180 Å². The maximum atomic E-state index is 13.8. The van der Waals surface area contributed by atoms with Gasteiger partial charge < -0.3 is 9.88 Å². The molecular weight excluding hydrogens is 401 g/mol. The monoisotopic (exact) mass is 425 g/mol. The van der Waals surface area contributed by atoms with E-state index in [9.17, 15) is 9.18 Å². The fourth-order valence-electron chi connectivity index (χ4n) is 5.64. The summed E-state index contributed by atoms with van der Waals surface area (Å²) in [5.41, 5.74) is 2.38. The van der Waals surface area contributed by atoms with E-state index in [1.165, 1.54) is 6.07 Å². The molecule has 1 amide bonds. The number of hydrogen-bond donors (Lipinski definition) is 1. The van der Waals surface area contributed by atoms with Crippen LogP contribution < -0.4 is 5.32 Å². The van der Waals surface area contributed by atoms with E-state index in [-0.39, 0.29) is 17.8 Å². The zero-order valence-electron chi connectivity index (χ0n) is 17.1. The first-order valence-corrected chi connectivity index (χ1v) is 11.0. The number of rotatable bonds is 5. The normalized spacial score (nSPS) is 25.9. The Morgan fingerprint density at radius 1 is 1.23 bits per heavy atom. The Bertz CT molecular complexity index is 1100. The van der Waals surface area contributed by atoms with E-state index in [1.807, 2.05) is 6.92 Å². The zero-order chi connectivity index (χ0) is 21.0.